The van der Waals surface area contributed by atoms with E-state index in [1.807, 2.05) is 14.0 Å². The average Bonchev–Trinajstić information content (AvgIpc) is 2.51. The second-order valence-electron chi connectivity index (χ2n) is 3.62. The van der Waals surface area contributed by atoms with E-state index < -0.39 is 0 Å². The lowest BCUT2D eigenvalue weighted by atomic mass is 10.3. The lowest BCUT2D eigenvalue weighted by Gasteiger charge is -2.06. The maximum atomic E-state index is 11.7. The number of nitrogens with zero attached hydrogens (tertiary/aromatic N) is 4. The highest BCUT2D eigenvalue weighted by atomic mass is 79.9. The highest BCUT2D eigenvalue weighted by molar-refractivity contribution is 9.10. The second kappa shape index (κ2) is 4.62. The molecule has 0 unspecified atom stereocenters. The molecule has 90 valence electrons. The highest BCUT2D eigenvalue weighted by Crippen LogP contribution is 2.20. The van der Waals surface area contributed by atoms with Crippen molar-refractivity contribution in [2.24, 2.45) is 7.05 Å². The average molecular weight is 318 g/mol. The number of hydrogen-bond donors (Lipinski definition) is 0. The van der Waals surface area contributed by atoms with Crippen LogP contribution in [0.4, 0.5) is 0 Å². The minimum Gasteiger partial charge on any atom is -0.305 e. The fourth-order valence-corrected chi connectivity index (χ4v) is 2.18. The van der Waals surface area contributed by atoms with Crippen LogP contribution in [0.5, 0.6) is 0 Å². The van der Waals surface area contributed by atoms with Gasteiger partial charge in [0.1, 0.15) is 0 Å². The first-order valence-corrected chi connectivity index (χ1v) is 6.06. The molecule has 7 heteroatoms. The van der Waals surface area contributed by atoms with Crippen LogP contribution < -0.4 is 5.56 Å². The molecule has 2 aromatic heterocycles. The van der Waals surface area contributed by atoms with Crippen molar-refractivity contribution in [2.75, 3.05) is 0 Å². The maximum absolute atomic E-state index is 11.7. The van der Waals surface area contributed by atoms with Gasteiger partial charge in [-0.05, 0) is 22.9 Å². The monoisotopic (exact) mass is 316 g/mol. The van der Waals surface area contributed by atoms with Crippen LogP contribution in [-0.4, -0.2) is 19.3 Å². The Morgan fingerprint density at radius 3 is 2.82 bits per heavy atom. The molecule has 2 aromatic rings. The summed E-state index contributed by atoms with van der Waals surface area (Å²) in [6.07, 6.45) is 3.10. The Morgan fingerprint density at radius 1 is 1.53 bits per heavy atom. The molecular formula is C10H10BrClN4O. The van der Waals surface area contributed by atoms with E-state index >= 15 is 0 Å². The molecule has 0 aliphatic carbocycles. The van der Waals surface area contributed by atoms with Gasteiger partial charge in [0.2, 0.25) is 0 Å². The molecule has 2 rings (SSSR count). The van der Waals surface area contributed by atoms with Crippen LogP contribution in [0.15, 0.2) is 21.7 Å². The van der Waals surface area contributed by atoms with Crippen LogP contribution in [0.1, 0.15) is 11.4 Å². The fraction of sp³-hybridized carbons (Fsp3) is 0.300. The molecule has 0 N–H and O–H groups in total. The first-order chi connectivity index (χ1) is 8.00. The molecular weight excluding hydrogens is 307 g/mol. The van der Waals surface area contributed by atoms with Crippen molar-refractivity contribution in [3.8, 4) is 0 Å². The van der Waals surface area contributed by atoms with Crippen molar-refractivity contribution in [1.82, 2.24) is 19.3 Å². The molecule has 0 aromatic carbocycles. The van der Waals surface area contributed by atoms with Crippen molar-refractivity contribution in [3.63, 3.8) is 0 Å². The van der Waals surface area contributed by atoms with Gasteiger partial charge in [-0.1, -0.05) is 11.6 Å². The molecule has 0 saturated heterocycles. The van der Waals surface area contributed by atoms with Crippen LogP contribution in [0.25, 0.3) is 0 Å². The van der Waals surface area contributed by atoms with Crippen molar-refractivity contribution in [1.29, 1.82) is 0 Å². The van der Waals surface area contributed by atoms with Gasteiger partial charge in [0.05, 0.1) is 22.4 Å². The molecule has 0 amide bonds. The molecule has 0 fully saturated rings. The standard InChI is InChI=1S/C10H10BrClN4O/c1-6-8(11)7(15(2)14-6)5-16-4-3-13-9(12)10(16)17/h3-4H,5H2,1-2H3. The molecule has 0 spiro atoms. The SMILES string of the molecule is Cc1nn(C)c(Cn2ccnc(Cl)c2=O)c1Br. The number of aryl methyl sites for hydroxylation is 2. The third-order valence-electron chi connectivity index (χ3n) is 2.45. The van der Waals surface area contributed by atoms with Gasteiger partial charge in [-0.15, -0.1) is 0 Å². The lowest BCUT2D eigenvalue weighted by Crippen LogP contribution is -2.22. The quantitative estimate of drug-likeness (QED) is 0.848. The summed E-state index contributed by atoms with van der Waals surface area (Å²) >= 11 is 9.14. The molecule has 0 radical (unpaired) electrons. The summed E-state index contributed by atoms with van der Waals surface area (Å²) in [5, 5.41) is 4.24. The molecule has 17 heavy (non-hydrogen) atoms. The lowest BCUT2D eigenvalue weighted by molar-refractivity contribution is 0.646. The van der Waals surface area contributed by atoms with Crippen molar-refractivity contribution < 1.29 is 0 Å². The smallest absolute Gasteiger partial charge is 0.288 e. The topological polar surface area (TPSA) is 52.7 Å². The van der Waals surface area contributed by atoms with Crippen molar-refractivity contribution >= 4 is 27.5 Å². The second-order valence-corrected chi connectivity index (χ2v) is 4.77. The van der Waals surface area contributed by atoms with Crippen LogP contribution in [0.2, 0.25) is 5.15 Å². The summed E-state index contributed by atoms with van der Waals surface area (Å²) < 4.78 is 4.14. The van der Waals surface area contributed by atoms with Gasteiger partial charge in [-0.2, -0.15) is 5.10 Å². The fourth-order valence-electron chi connectivity index (χ4n) is 1.56. The van der Waals surface area contributed by atoms with Crippen LogP contribution in [-0.2, 0) is 13.6 Å². The van der Waals surface area contributed by atoms with E-state index in [1.165, 1.54) is 10.8 Å². The summed E-state index contributed by atoms with van der Waals surface area (Å²) in [6.45, 7) is 2.30. The summed E-state index contributed by atoms with van der Waals surface area (Å²) in [5.41, 5.74) is 1.49. The van der Waals surface area contributed by atoms with E-state index in [4.69, 9.17) is 11.6 Å². The number of hydrogen-bond acceptors (Lipinski definition) is 3. The Hall–Kier alpha value is -1.14. The summed E-state index contributed by atoms with van der Waals surface area (Å²) in [7, 11) is 1.83. The first-order valence-electron chi connectivity index (χ1n) is 4.89. The van der Waals surface area contributed by atoms with Gasteiger partial charge in [-0.3, -0.25) is 9.48 Å². The van der Waals surface area contributed by atoms with Crippen molar-refractivity contribution in [3.05, 3.63) is 43.8 Å². The Bertz CT molecular complexity index is 619. The minimum absolute atomic E-state index is 0.0255. The van der Waals surface area contributed by atoms with Gasteiger partial charge in [0, 0.05) is 19.4 Å². The molecule has 0 atom stereocenters. The van der Waals surface area contributed by atoms with E-state index in [0.29, 0.717) is 6.54 Å². The Kier molecular flexibility index (Phi) is 3.35. The third-order valence-corrected chi connectivity index (χ3v) is 3.74. The summed E-state index contributed by atoms with van der Waals surface area (Å²) in [4.78, 5) is 15.5. The predicted octanol–water partition coefficient (Wildman–Crippen LogP) is 1.75. The zero-order chi connectivity index (χ0) is 12.6. The van der Waals surface area contributed by atoms with Crippen LogP contribution in [0, 0.1) is 6.92 Å². The van der Waals surface area contributed by atoms with Gasteiger partial charge < -0.3 is 4.57 Å². The van der Waals surface area contributed by atoms with Gasteiger partial charge in [-0.25, -0.2) is 4.98 Å². The van der Waals surface area contributed by atoms with Gasteiger partial charge in [0.15, 0.2) is 5.15 Å². The number of rotatable bonds is 2. The molecule has 0 aliphatic heterocycles. The normalized spacial score (nSPS) is 10.8. The summed E-state index contributed by atoms with van der Waals surface area (Å²) in [5.74, 6) is 0. The van der Waals surface area contributed by atoms with E-state index in [9.17, 15) is 4.79 Å². The third kappa shape index (κ3) is 2.28. The molecule has 0 aliphatic rings. The zero-order valence-corrected chi connectivity index (χ0v) is 11.7. The van der Waals surface area contributed by atoms with Gasteiger partial charge >= 0.3 is 0 Å². The molecule has 0 bridgehead atoms. The molecule has 5 nitrogen and oxygen atoms in total. The molecule has 2 heterocycles. The van der Waals surface area contributed by atoms with Crippen LogP contribution in [0.3, 0.4) is 0 Å². The number of aromatic nitrogens is 4. The Labute approximate surface area is 111 Å². The highest BCUT2D eigenvalue weighted by Gasteiger charge is 2.12. The minimum atomic E-state index is -0.306. The molecule has 0 saturated carbocycles. The van der Waals surface area contributed by atoms with Crippen LogP contribution >= 0.6 is 27.5 Å². The largest absolute Gasteiger partial charge is 0.305 e. The van der Waals surface area contributed by atoms with Crippen molar-refractivity contribution in [2.45, 2.75) is 13.5 Å². The maximum Gasteiger partial charge on any atom is 0.288 e. The predicted molar refractivity (Wildman–Crippen MR) is 68.3 cm³/mol. The van der Waals surface area contributed by atoms with E-state index in [1.54, 1.807) is 10.9 Å². The van der Waals surface area contributed by atoms with E-state index in [-0.39, 0.29) is 10.7 Å². The van der Waals surface area contributed by atoms with E-state index in [2.05, 4.69) is 26.0 Å². The Balaban J connectivity index is 2.45. The first kappa shape index (κ1) is 12.3. The Morgan fingerprint density at radius 2 is 2.24 bits per heavy atom. The zero-order valence-electron chi connectivity index (χ0n) is 9.31. The van der Waals surface area contributed by atoms with Gasteiger partial charge in [0.25, 0.3) is 5.56 Å². The van der Waals surface area contributed by atoms with E-state index in [0.717, 1.165) is 15.9 Å². The summed E-state index contributed by atoms with van der Waals surface area (Å²) in [6, 6.07) is 0. The number of halogens is 2.